The molecule has 0 unspecified atom stereocenters. The Hall–Kier alpha value is -1.40. The average Bonchev–Trinajstić information content (AvgIpc) is 2.89. The summed E-state index contributed by atoms with van der Waals surface area (Å²) in [6, 6.07) is 1.77. The second kappa shape index (κ2) is 7.04. The van der Waals surface area contributed by atoms with Crippen molar-refractivity contribution < 1.29 is 14.6 Å². The number of methoxy groups -OCH3 is 1. The molecule has 6 heteroatoms. The smallest absolute Gasteiger partial charge is 0.223 e. The summed E-state index contributed by atoms with van der Waals surface area (Å²) in [6.45, 7) is 0. The van der Waals surface area contributed by atoms with Gasteiger partial charge in [0, 0.05) is 39.5 Å². The second-order valence-corrected chi connectivity index (χ2v) is 5.71. The molecule has 0 bridgehead atoms. The van der Waals surface area contributed by atoms with Crippen molar-refractivity contribution in [3.8, 4) is 0 Å². The van der Waals surface area contributed by atoms with Crippen molar-refractivity contribution in [3.63, 3.8) is 0 Å². The van der Waals surface area contributed by atoms with Gasteiger partial charge >= 0.3 is 0 Å². The number of hydrogen-bond donors (Lipinski definition) is 1. The minimum atomic E-state index is -0.602. The molecule has 21 heavy (non-hydrogen) atoms. The van der Waals surface area contributed by atoms with Gasteiger partial charge in [-0.3, -0.25) is 9.48 Å². The van der Waals surface area contributed by atoms with Gasteiger partial charge in [-0.05, 0) is 31.7 Å². The lowest BCUT2D eigenvalue weighted by molar-refractivity contribution is -0.140. The van der Waals surface area contributed by atoms with Gasteiger partial charge in [-0.25, -0.2) is 0 Å². The highest BCUT2D eigenvalue weighted by atomic mass is 16.5. The van der Waals surface area contributed by atoms with E-state index in [-0.39, 0.29) is 18.1 Å². The summed E-state index contributed by atoms with van der Waals surface area (Å²) in [5, 5.41) is 14.4. The monoisotopic (exact) mass is 295 g/mol. The maximum atomic E-state index is 12.3. The number of likely N-dealkylation sites (N-methyl/N-ethyl adjacent to an activating group) is 1. The van der Waals surface area contributed by atoms with Crippen LogP contribution in [0.2, 0.25) is 0 Å². The fourth-order valence-electron chi connectivity index (χ4n) is 3.04. The van der Waals surface area contributed by atoms with E-state index in [2.05, 4.69) is 5.10 Å². The van der Waals surface area contributed by atoms with Crippen LogP contribution in [0.3, 0.4) is 0 Å². The number of carbonyl (C=O) groups is 1. The van der Waals surface area contributed by atoms with Crippen molar-refractivity contribution >= 4 is 5.91 Å². The van der Waals surface area contributed by atoms with Crippen LogP contribution < -0.4 is 0 Å². The molecule has 3 atom stereocenters. The van der Waals surface area contributed by atoms with Gasteiger partial charge in [-0.2, -0.15) is 5.10 Å². The molecule has 1 saturated carbocycles. The molecule has 2 rings (SSSR count). The molecular formula is C15H25N3O3. The molecule has 1 heterocycles. The first-order valence-corrected chi connectivity index (χ1v) is 7.48. The quantitative estimate of drug-likeness (QED) is 0.870. The highest BCUT2D eigenvalue weighted by Gasteiger charge is 2.35. The van der Waals surface area contributed by atoms with E-state index in [0.717, 1.165) is 25.0 Å². The second-order valence-electron chi connectivity index (χ2n) is 5.71. The summed E-state index contributed by atoms with van der Waals surface area (Å²) in [6.07, 6.45) is 4.70. The maximum Gasteiger partial charge on any atom is 0.223 e. The predicted molar refractivity (Wildman–Crippen MR) is 78.7 cm³/mol. The number of amides is 1. The zero-order valence-corrected chi connectivity index (χ0v) is 13.0. The third-order valence-electron chi connectivity index (χ3n) is 4.47. The van der Waals surface area contributed by atoms with E-state index in [1.807, 2.05) is 13.1 Å². The summed E-state index contributed by atoms with van der Waals surface area (Å²) < 4.78 is 7.08. The first kappa shape index (κ1) is 16.0. The molecule has 1 aliphatic carbocycles. The van der Waals surface area contributed by atoms with Crippen LogP contribution >= 0.6 is 0 Å². The van der Waals surface area contributed by atoms with Crippen LogP contribution in [0.1, 0.15) is 31.4 Å². The highest BCUT2D eigenvalue weighted by Crippen LogP contribution is 2.25. The van der Waals surface area contributed by atoms with Crippen molar-refractivity contribution in [3.05, 3.63) is 18.0 Å². The normalized spacial score (nSPS) is 25.8. The number of aromatic nitrogens is 2. The Morgan fingerprint density at radius 1 is 1.57 bits per heavy atom. The average molecular weight is 295 g/mol. The lowest BCUT2D eigenvalue weighted by Gasteiger charge is -2.39. The zero-order chi connectivity index (χ0) is 15.4. The Morgan fingerprint density at radius 3 is 2.95 bits per heavy atom. The molecule has 0 aliphatic heterocycles. The first-order valence-electron chi connectivity index (χ1n) is 7.48. The summed E-state index contributed by atoms with van der Waals surface area (Å²) in [7, 11) is 5.26. The van der Waals surface area contributed by atoms with E-state index < -0.39 is 6.10 Å². The molecule has 1 aliphatic rings. The maximum absolute atomic E-state index is 12.3. The Kier molecular flexibility index (Phi) is 5.36. The molecule has 118 valence electrons. The molecule has 0 spiro atoms. The van der Waals surface area contributed by atoms with Crippen molar-refractivity contribution in [1.29, 1.82) is 0 Å². The van der Waals surface area contributed by atoms with Crippen LogP contribution in [-0.2, 0) is 23.0 Å². The van der Waals surface area contributed by atoms with Crippen molar-refractivity contribution in [2.75, 3.05) is 14.2 Å². The van der Waals surface area contributed by atoms with Gasteiger partial charge in [0.15, 0.2) is 0 Å². The molecule has 1 N–H and O–H groups in total. The van der Waals surface area contributed by atoms with Gasteiger partial charge in [-0.1, -0.05) is 0 Å². The number of nitrogens with zero attached hydrogens (tertiary/aromatic N) is 3. The number of aliphatic hydroxyl groups excluding tert-OH is 1. The van der Waals surface area contributed by atoms with Crippen LogP contribution in [0.25, 0.3) is 0 Å². The van der Waals surface area contributed by atoms with E-state index in [1.54, 1.807) is 29.9 Å². The van der Waals surface area contributed by atoms with Crippen molar-refractivity contribution in [2.24, 2.45) is 7.05 Å². The summed E-state index contributed by atoms with van der Waals surface area (Å²) in [5.74, 6) is 0.0528. The number of carbonyl (C=O) groups excluding carboxylic acids is 1. The highest BCUT2D eigenvalue weighted by molar-refractivity contribution is 5.76. The number of hydrogen-bond acceptors (Lipinski definition) is 4. The SMILES string of the molecule is CO[C@@H]1CCC[C@@H](N(C)C(=O)CCc2ccnn2C)[C@H]1O. The summed E-state index contributed by atoms with van der Waals surface area (Å²) in [5.41, 5.74) is 1.04. The number of ether oxygens (including phenoxy) is 1. The minimum Gasteiger partial charge on any atom is -0.388 e. The van der Waals surface area contributed by atoms with Crippen molar-refractivity contribution in [1.82, 2.24) is 14.7 Å². The van der Waals surface area contributed by atoms with Crippen molar-refractivity contribution in [2.45, 2.75) is 50.4 Å². The molecule has 0 saturated heterocycles. The number of aryl methyl sites for hydroxylation is 2. The molecule has 0 aromatic carbocycles. The van der Waals surface area contributed by atoms with Gasteiger partial charge in [0.2, 0.25) is 5.91 Å². The number of aliphatic hydroxyl groups is 1. The Bertz CT molecular complexity index is 474. The minimum absolute atomic E-state index is 0.0528. The topological polar surface area (TPSA) is 67.6 Å². The molecule has 1 amide bonds. The molecule has 1 aromatic rings. The molecule has 6 nitrogen and oxygen atoms in total. The van der Waals surface area contributed by atoms with Crippen LogP contribution in [0.4, 0.5) is 0 Å². The van der Waals surface area contributed by atoms with E-state index in [0.29, 0.717) is 12.8 Å². The van der Waals surface area contributed by atoms with Gasteiger partial charge in [-0.15, -0.1) is 0 Å². The lowest BCUT2D eigenvalue weighted by Crippen LogP contribution is -2.52. The van der Waals surface area contributed by atoms with Gasteiger partial charge in [0.1, 0.15) is 6.10 Å². The summed E-state index contributed by atoms with van der Waals surface area (Å²) in [4.78, 5) is 14.0. The van der Waals surface area contributed by atoms with Crippen LogP contribution in [0.5, 0.6) is 0 Å². The van der Waals surface area contributed by atoms with Gasteiger partial charge in [0.05, 0.1) is 12.1 Å². The fourth-order valence-corrected chi connectivity index (χ4v) is 3.04. The standard InChI is InChI=1S/C15H25N3O3/c1-17(12-5-4-6-13(21-3)15(12)20)14(19)8-7-11-9-10-16-18(11)2/h9-10,12-13,15,20H,4-8H2,1-3H3/t12-,13-,15-/m1/s1. The van der Waals surface area contributed by atoms with Crippen LogP contribution in [0.15, 0.2) is 12.3 Å². The van der Waals surface area contributed by atoms with E-state index in [4.69, 9.17) is 4.74 Å². The van der Waals surface area contributed by atoms with E-state index >= 15 is 0 Å². The van der Waals surface area contributed by atoms with E-state index in [9.17, 15) is 9.90 Å². The van der Waals surface area contributed by atoms with Gasteiger partial charge in [0.25, 0.3) is 0 Å². The molecule has 1 fully saturated rings. The summed E-state index contributed by atoms with van der Waals surface area (Å²) >= 11 is 0. The van der Waals surface area contributed by atoms with Crippen LogP contribution in [0, 0.1) is 0 Å². The third kappa shape index (κ3) is 3.63. The van der Waals surface area contributed by atoms with Crippen LogP contribution in [-0.4, -0.2) is 58.1 Å². The Labute approximate surface area is 125 Å². The molecule has 0 radical (unpaired) electrons. The third-order valence-corrected chi connectivity index (χ3v) is 4.47. The fraction of sp³-hybridized carbons (Fsp3) is 0.733. The predicted octanol–water partition coefficient (Wildman–Crippen LogP) is 0.739. The molecular weight excluding hydrogens is 270 g/mol. The van der Waals surface area contributed by atoms with E-state index in [1.165, 1.54) is 0 Å². The Morgan fingerprint density at radius 2 is 2.33 bits per heavy atom. The number of rotatable bonds is 5. The Balaban J connectivity index is 1.91. The molecule has 1 aromatic heterocycles. The first-order chi connectivity index (χ1) is 10.0. The lowest BCUT2D eigenvalue weighted by atomic mass is 9.89. The van der Waals surface area contributed by atoms with Gasteiger partial charge < -0.3 is 14.7 Å². The largest absolute Gasteiger partial charge is 0.388 e. The zero-order valence-electron chi connectivity index (χ0n) is 13.0.